The molecule has 1 aliphatic heterocycles. The molecule has 1 aromatic heterocycles. The molecule has 0 aliphatic carbocycles. The maximum Gasteiger partial charge on any atom is 0.358 e. The minimum absolute atomic E-state index is 0.372. The third-order valence-corrected chi connectivity index (χ3v) is 2.74. The van der Waals surface area contributed by atoms with E-state index >= 15 is 0 Å². The molecule has 1 fully saturated rings. The molecule has 82 valence electrons. The fraction of sp³-hybridized carbons (Fsp3) is 0.600. The van der Waals surface area contributed by atoms with Gasteiger partial charge >= 0.3 is 5.97 Å². The van der Waals surface area contributed by atoms with Crippen LogP contribution in [-0.2, 0) is 18.2 Å². The highest BCUT2D eigenvalue weighted by Gasteiger charge is 2.20. The van der Waals surface area contributed by atoms with E-state index in [0.717, 1.165) is 25.2 Å². The van der Waals surface area contributed by atoms with Crippen molar-refractivity contribution in [1.29, 1.82) is 0 Å². The van der Waals surface area contributed by atoms with Gasteiger partial charge in [-0.3, -0.25) is 4.68 Å². The summed E-state index contributed by atoms with van der Waals surface area (Å²) < 4.78 is 6.38. The molecular weight excluding hydrogens is 194 g/mol. The molecule has 0 atom stereocenters. The van der Waals surface area contributed by atoms with Crippen molar-refractivity contribution >= 4 is 5.97 Å². The maximum absolute atomic E-state index is 11.2. The Balaban J connectivity index is 2.09. The first-order valence-electron chi connectivity index (χ1n) is 5.02. The van der Waals surface area contributed by atoms with E-state index < -0.39 is 0 Å². The van der Waals surface area contributed by atoms with E-state index in [4.69, 9.17) is 0 Å². The molecule has 5 nitrogen and oxygen atoms in total. The van der Waals surface area contributed by atoms with Crippen molar-refractivity contribution in [2.75, 3.05) is 20.2 Å². The Labute approximate surface area is 88.4 Å². The Morgan fingerprint density at radius 2 is 2.47 bits per heavy atom. The Morgan fingerprint density at radius 1 is 1.73 bits per heavy atom. The summed E-state index contributed by atoms with van der Waals surface area (Å²) in [5.41, 5.74) is 1.48. The molecule has 0 saturated carbocycles. The van der Waals surface area contributed by atoms with Crippen LogP contribution in [0.3, 0.4) is 0 Å². The smallest absolute Gasteiger partial charge is 0.358 e. The third kappa shape index (κ3) is 2.02. The molecule has 0 aromatic carbocycles. The summed E-state index contributed by atoms with van der Waals surface area (Å²) in [7, 11) is 3.22. The number of nitrogens with zero attached hydrogens (tertiary/aromatic N) is 2. The quantitative estimate of drug-likeness (QED) is 0.710. The fourth-order valence-corrected chi connectivity index (χ4v) is 1.69. The van der Waals surface area contributed by atoms with Gasteiger partial charge in [-0.25, -0.2) is 4.79 Å². The number of hydrogen-bond donors (Lipinski definition) is 1. The van der Waals surface area contributed by atoms with E-state index in [0.29, 0.717) is 11.6 Å². The van der Waals surface area contributed by atoms with Gasteiger partial charge in [0.1, 0.15) is 0 Å². The van der Waals surface area contributed by atoms with Crippen molar-refractivity contribution in [3.63, 3.8) is 0 Å². The number of methoxy groups -OCH3 is 1. The lowest BCUT2D eigenvalue weighted by atomic mass is 9.97. The number of nitrogens with one attached hydrogen (secondary N) is 1. The van der Waals surface area contributed by atoms with Crippen LogP contribution in [0.4, 0.5) is 0 Å². The number of aryl methyl sites for hydroxylation is 1. The van der Waals surface area contributed by atoms with Crippen LogP contribution in [0.25, 0.3) is 0 Å². The van der Waals surface area contributed by atoms with Crippen LogP contribution < -0.4 is 5.32 Å². The first-order valence-corrected chi connectivity index (χ1v) is 5.02. The van der Waals surface area contributed by atoms with Gasteiger partial charge in [-0.1, -0.05) is 0 Å². The van der Waals surface area contributed by atoms with Crippen molar-refractivity contribution in [1.82, 2.24) is 15.1 Å². The zero-order valence-electron chi connectivity index (χ0n) is 8.99. The number of ether oxygens (including phenoxy) is 1. The molecule has 1 aliphatic rings. The number of esters is 1. The lowest BCUT2D eigenvalue weighted by molar-refractivity contribution is 0.0593. The van der Waals surface area contributed by atoms with Crippen molar-refractivity contribution in [3.8, 4) is 0 Å². The highest BCUT2D eigenvalue weighted by atomic mass is 16.5. The van der Waals surface area contributed by atoms with E-state index in [1.54, 1.807) is 4.68 Å². The van der Waals surface area contributed by atoms with Crippen molar-refractivity contribution in [2.45, 2.75) is 6.42 Å². The van der Waals surface area contributed by atoms with E-state index in [1.807, 2.05) is 13.1 Å². The molecule has 0 radical (unpaired) electrons. The lowest BCUT2D eigenvalue weighted by Crippen LogP contribution is -2.43. The highest BCUT2D eigenvalue weighted by Crippen LogP contribution is 2.13. The summed E-state index contributed by atoms with van der Waals surface area (Å²) in [6, 6.07) is 1.81. The van der Waals surface area contributed by atoms with Crippen LogP contribution in [0.2, 0.25) is 0 Å². The summed E-state index contributed by atoms with van der Waals surface area (Å²) >= 11 is 0. The first-order chi connectivity index (χ1) is 7.20. The van der Waals surface area contributed by atoms with Gasteiger partial charge < -0.3 is 10.1 Å². The molecular formula is C10H15N3O2. The monoisotopic (exact) mass is 209 g/mol. The second kappa shape index (κ2) is 4.02. The zero-order valence-corrected chi connectivity index (χ0v) is 8.99. The van der Waals surface area contributed by atoms with Crippen LogP contribution >= 0.6 is 0 Å². The van der Waals surface area contributed by atoms with E-state index in [1.165, 1.54) is 7.11 Å². The Kier molecular flexibility index (Phi) is 2.73. The van der Waals surface area contributed by atoms with E-state index in [-0.39, 0.29) is 5.97 Å². The largest absolute Gasteiger partial charge is 0.464 e. The maximum atomic E-state index is 11.2. The molecule has 15 heavy (non-hydrogen) atoms. The molecule has 2 rings (SSSR count). The van der Waals surface area contributed by atoms with E-state index in [9.17, 15) is 4.79 Å². The predicted octanol–water partition coefficient (Wildman–Crippen LogP) is -0.0314. The second-order valence-corrected chi connectivity index (χ2v) is 3.86. The van der Waals surface area contributed by atoms with E-state index in [2.05, 4.69) is 15.2 Å². The van der Waals surface area contributed by atoms with Crippen LogP contribution in [0.5, 0.6) is 0 Å². The molecule has 1 saturated heterocycles. The minimum Gasteiger partial charge on any atom is -0.464 e. The first kappa shape index (κ1) is 10.2. The summed E-state index contributed by atoms with van der Waals surface area (Å²) in [4.78, 5) is 11.2. The number of rotatable bonds is 3. The van der Waals surface area contributed by atoms with Crippen LogP contribution in [0.15, 0.2) is 6.07 Å². The van der Waals surface area contributed by atoms with Gasteiger partial charge in [-0.2, -0.15) is 5.10 Å². The Hall–Kier alpha value is -1.36. The summed E-state index contributed by atoms with van der Waals surface area (Å²) in [6.45, 7) is 2.11. The predicted molar refractivity (Wildman–Crippen MR) is 54.6 cm³/mol. The molecule has 0 unspecified atom stereocenters. The second-order valence-electron chi connectivity index (χ2n) is 3.86. The highest BCUT2D eigenvalue weighted by molar-refractivity contribution is 5.87. The molecule has 5 heteroatoms. The van der Waals surface area contributed by atoms with Gasteiger partial charge in [0, 0.05) is 12.7 Å². The number of hydrogen-bond acceptors (Lipinski definition) is 4. The number of carbonyl (C=O) groups is 1. The Morgan fingerprint density at radius 3 is 3.00 bits per heavy atom. The molecule has 0 bridgehead atoms. The summed E-state index contributed by atoms with van der Waals surface area (Å²) in [6.07, 6.45) is 0.966. The third-order valence-electron chi connectivity index (χ3n) is 2.74. The summed E-state index contributed by atoms with van der Waals surface area (Å²) in [5, 5.41) is 7.33. The SMILES string of the molecule is COC(=O)c1cc(CC2CNC2)n(C)n1. The van der Waals surface area contributed by atoms with Crippen molar-refractivity contribution in [3.05, 3.63) is 17.5 Å². The number of aromatic nitrogens is 2. The topological polar surface area (TPSA) is 56.1 Å². The molecule has 0 spiro atoms. The minimum atomic E-state index is -0.372. The zero-order chi connectivity index (χ0) is 10.8. The van der Waals surface area contributed by atoms with Crippen LogP contribution in [-0.4, -0.2) is 35.9 Å². The fourth-order valence-electron chi connectivity index (χ4n) is 1.69. The van der Waals surface area contributed by atoms with Crippen molar-refractivity contribution in [2.24, 2.45) is 13.0 Å². The molecule has 1 N–H and O–H groups in total. The van der Waals surface area contributed by atoms with Crippen LogP contribution in [0.1, 0.15) is 16.2 Å². The molecule has 1 aromatic rings. The van der Waals surface area contributed by atoms with Gasteiger partial charge in [0.05, 0.1) is 7.11 Å². The van der Waals surface area contributed by atoms with Crippen molar-refractivity contribution < 1.29 is 9.53 Å². The van der Waals surface area contributed by atoms with Gasteiger partial charge in [0.25, 0.3) is 0 Å². The van der Waals surface area contributed by atoms with Gasteiger partial charge in [0.2, 0.25) is 0 Å². The van der Waals surface area contributed by atoms with Gasteiger partial charge in [-0.15, -0.1) is 0 Å². The normalized spacial score (nSPS) is 16.1. The Bertz CT molecular complexity index is 369. The molecule has 2 heterocycles. The molecule has 0 amide bonds. The average molecular weight is 209 g/mol. The van der Waals surface area contributed by atoms with Crippen LogP contribution in [0, 0.1) is 5.92 Å². The summed E-state index contributed by atoms with van der Waals surface area (Å²) in [5.74, 6) is 0.300. The van der Waals surface area contributed by atoms with Gasteiger partial charge in [-0.05, 0) is 31.5 Å². The lowest BCUT2D eigenvalue weighted by Gasteiger charge is -2.26. The van der Waals surface area contributed by atoms with Gasteiger partial charge in [0.15, 0.2) is 5.69 Å². The standard InChI is InChI=1S/C10H15N3O2/c1-13-8(3-7-5-11-6-7)4-9(12-13)10(14)15-2/h4,7,11H,3,5-6H2,1-2H3. The number of carbonyl (C=O) groups excluding carboxylic acids is 1. The average Bonchev–Trinajstić information content (AvgIpc) is 2.52.